The van der Waals surface area contributed by atoms with Crippen molar-refractivity contribution in [3.05, 3.63) is 66.7 Å². The number of halogens is 2. The van der Waals surface area contributed by atoms with Crippen LogP contribution in [0.4, 0.5) is 4.39 Å². The minimum atomic E-state index is -0.726. The van der Waals surface area contributed by atoms with Gasteiger partial charge >= 0.3 is 5.69 Å². The van der Waals surface area contributed by atoms with E-state index in [1.165, 1.54) is 24.4 Å². The van der Waals surface area contributed by atoms with Crippen LogP contribution in [0.25, 0.3) is 0 Å². The SMILES string of the molecule is N#Cc1cccc(Cn2c(=O)[nH]cc(Br)c2=O)c1F. The lowest BCUT2D eigenvalue weighted by Crippen LogP contribution is -2.35. The Balaban J connectivity index is 2.55. The highest BCUT2D eigenvalue weighted by Gasteiger charge is 2.11. The Labute approximate surface area is 115 Å². The van der Waals surface area contributed by atoms with Gasteiger partial charge in [-0.3, -0.25) is 9.36 Å². The van der Waals surface area contributed by atoms with Gasteiger partial charge in [0.25, 0.3) is 5.56 Å². The summed E-state index contributed by atoms with van der Waals surface area (Å²) in [6, 6.07) is 5.94. The summed E-state index contributed by atoms with van der Waals surface area (Å²) in [6.45, 7) is -0.241. The third kappa shape index (κ3) is 2.48. The van der Waals surface area contributed by atoms with Gasteiger partial charge in [-0.1, -0.05) is 12.1 Å². The number of hydrogen-bond acceptors (Lipinski definition) is 3. The van der Waals surface area contributed by atoms with Crippen LogP contribution in [-0.2, 0) is 6.54 Å². The summed E-state index contributed by atoms with van der Waals surface area (Å²) < 4.78 is 14.9. The molecule has 0 saturated carbocycles. The van der Waals surface area contributed by atoms with Crippen LogP contribution in [0, 0.1) is 17.1 Å². The van der Waals surface area contributed by atoms with Gasteiger partial charge in [-0.25, -0.2) is 9.18 Å². The molecule has 0 spiro atoms. The predicted octanol–water partition coefficient (Wildman–Crippen LogP) is 1.36. The van der Waals surface area contributed by atoms with Crippen molar-refractivity contribution < 1.29 is 4.39 Å². The lowest BCUT2D eigenvalue weighted by atomic mass is 10.1. The maximum atomic E-state index is 13.9. The van der Waals surface area contributed by atoms with Crippen LogP contribution in [-0.4, -0.2) is 9.55 Å². The molecule has 5 nitrogen and oxygen atoms in total. The van der Waals surface area contributed by atoms with Crippen molar-refractivity contribution in [3.8, 4) is 6.07 Å². The number of nitrogens with zero attached hydrogens (tertiary/aromatic N) is 2. The van der Waals surface area contributed by atoms with Crippen LogP contribution >= 0.6 is 15.9 Å². The first-order chi connectivity index (χ1) is 9.04. The van der Waals surface area contributed by atoms with Crippen LogP contribution in [0.2, 0.25) is 0 Å². The van der Waals surface area contributed by atoms with Crippen molar-refractivity contribution in [1.82, 2.24) is 9.55 Å². The Morgan fingerprint density at radius 3 is 2.84 bits per heavy atom. The standard InChI is InChI=1S/C12H7BrFN3O2/c13-9-5-16-12(19)17(11(9)18)6-8-3-1-2-7(4-15)10(8)14/h1-3,5H,6H2,(H,16,19). The third-order valence-corrected chi connectivity index (χ3v) is 3.11. The maximum absolute atomic E-state index is 13.9. The summed E-state index contributed by atoms with van der Waals surface area (Å²) in [5.41, 5.74) is -1.23. The third-order valence-electron chi connectivity index (χ3n) is 2.54. The fourth-order valence-electron chi connectivity index (χ4n) is 1.59. The van der Waals surface area contributed by atoms with Crippen molar-refractivity contribution in [2.24, 2.45) is 0 Å². The molecule has 7 heteroatoms. The molecule has 1 heterocycles. The summed E-state index contributed by atoms with van der Waals surface area (Å²) in [5.74, 6) is -0.726. The van der Waals surface area contributed by atoms with E-state index >= 15 is 0 Å². The van der Waals surface area contributed by atoms with Gasteiger partial charge in [0.15, 0.2) is 0 Å². The molecule has 2 aromatic rings. The topological polar surface area (TPSA) is 78.7 Å². The molecule has 0 amide bonds. The molecule has 0 aliphatic heterocycles. The average molecular weight is 324 g/mol. The van der Waals surface area contributed by atoms with E-state index in [-0.39, 0.29) is 22.1 Å². The molecule has 0 fully saturated rings. The number of H-pyrrole nitrogens is 1. The van der Waals surface area contributed by atoms with Crippen molar-refractivity contribution in [2.75, 3.05) is 0 Å². The van der Waals surface area contributed by atoms with E-state index in [9.17, 15) is 14.0 Å². The van der Waals surface area contributed by atoms with Crippen molar-refractivity contribution >= 4 is 15.9 Å². The maximum Gasteiger partial charge on any atom is 0.328 e. The lowest BCUT2D eigenvalue weighted by molar-refractivity contribution is 0.585. The Kier molecular flexibility index (Phi) is 3.62. The number of hydrogen-bond donors (Lipinski definition) is 1. The minimum Gasteiger partial charge on any atom is -0.313 e. The van der Waals surface area contributed by atoms with Gasteiger partial charge in [0.05, 0.1) is 16.6 Å². The van der Waals surface area contributed by atoms with E-state index in [1.54, 1.807) is 6.07 Å². The van der Waals surface area contributed by atoms with Gasteiger partial charge in [-0.15, -0.1) is 0 Å². The summed E-state index contributed by atoms with van der Waals surface area (Å²) in [6.07, 6.45) is 1.23. The largest absolute Gasteiger partial charge is 0.328 e. The number of benzene rings is 1. The summed E-state index contributed by atoms with van der Waals surface area (Å²) in [7, 11) is 0. The Bertz CT molecular complexity index is 789. The number of nitrogens with one attached hydrogen (secondary N) is 1. The summed E-state index contributed by atoms with van der Waals surface area (Å²) >= 11 is 2.99. The molecule has 0 aliphatic rings. The highest BCUT2D eigenvalue weighted by Crippen LogP contribution is 2.12. The van der Waals surface area contributed by atoms with E-state index in [0.717, 1.165) is 4.57 Å². The van der Waals surface area contributed by atoms with Crippen molar-refractivity contribution in [1.29, 1.82) is 5.26 Å². The highest BCUT2D eigenvalue weighted by atomic mass is 79.9. The molecular weight excluding hydrogens is 317 g/mol. The molecule has 0 aliphatic carbocycles. The molecule has 0 bridgehead atoms. The van der Waals surface area contributed by atoms with E-state index in [1.807, 2.05) is 0 Å². The zero-order valence-corrected chi connectivity index (χ0v) is 11.1. The predicted molar refractivity (Wildman–Crippen MR) is 69.2 cm³/mol. The van der Waals surface area contributed by atoms with Gasteiger partial charge in [0.1, 0.15) is 11.9 Å². The second-order valence-corrected chi connectivity index (χ2v) is 4.58. The molecule has 1 aromatic heterocycles. The van der Waals surface area contributed by atoms with Gasteiger partial charge in [0.2, 0.25) is 0 Å². The monoisotopic (exact) mass is 323 g/mol. The van der Waals surface area contributed by atoms with Crippen LogP contribution in [0.5, 0.6) is 0 Å². The zero-order chi connectivity index (χ0) is 14.0. The lowest BCUT2D eigenvalue weighted by Gasteiger charge is -2.06. The Morgan fingerprint density at radius 2 is 2.16 bits per heavy atom. The quantitative estimate of drug-likeness (QED) is 0.906. The fourth-order valence-corrected chi connectivity index (χ4v) is 1.92. The number of aromatic nitrogens is 2. The first-order valence-corrected chi connectivity index (χ1v) is 5.99. The molecule has 2 rings (SSSR count). The Hall–Kier alpha value is -2.20. The van der Waals surface area contributed by atoms with Crippen molar-refractivity contribution in [3.63, 3.8) is 0 Å². The van der Waals surface area contributed by atoms with Crippen LogP contribution in [0.3, 0.4) is 0 Å². The van der Waals surface area contributed by atoms with Crippen LogP contribution in [0.15, 0.2) is 38.5 Å². The minimum absolute atomic E-state index is 0.102. The fraction of sp³-hybridized carbons (Fsp3) is 0.0833. The summed E-state index contributed by atoms with van der Waals surface area (Å²) in [5, 5.41) is 8.73. The van der Waals surface area contributed by atoms with Gasteiger partial charge in [-0.05, 0) is 22.0 Å². The molecular formula is C12H7BrFN3O2. The first kappa shape index (κ1) is 13.2. The van der Waals surface area contributed by atoms with E-state index in [0.29, 0.717) is 0 Å². The second-order valence-electron chi connectivity index (χ2n) is 3.72. The molecule has 0 unspecified atom stereocenters. The Morgan fingerprint density at radius 1 is 1.42 bits per heavy atom. The van der Waals surface area contributed by atoms with Crippen LogP contribution in [0.1, 0.15) is 11.1 Å². The number of rotatable bonds is 2. The smallest absolute Gasteiger partial charge is 0.313 e. The van der Waals surface area contributed by atoms with Gasteiger partial charge in [0, 0.05) is 11.8 Å². The molecule has 0 radical (unpaired) electrons. The molecule has 19 heavy (non-hydrogen) atoms. The second kappa shape index (κ2) is 5.20. The number of aromatic amines is 1. The first-order valence-electron chi connectivity index (χ1n) is 5.20. The molecule has 96 valence electrons. The van der Waals surface area contributed by atoms with E-state index in [4.69, 9.17) is 5.26 Å². The van der Waals surface area contributed by atoms with E-state index in [2.05, 4.69) is 20.9 Å². The van der Waals surface area contributed by atoms with Gasteiger partial charge in [-0.2, -0.15) is 5.26 Å². The molecule has 1 aromatic carbocycles. The normalized spacial score (nSPS) is 10.2. The number of nitriles is 1. The van der Waals surface area contributed by atoms with Gasteiger partial charge < -0.3 is 4.98 Å². The molecule has 0 atom stereocenters. The summed E-state index contributed by atoms with van der Waals surface area (Å²) in [4.78, 5) is 25.7. The highest BCUT2D eigenvalue weighted by molar-refractivity contribution is 9.10. The zero-order valence-electron chi connectivity index (χ0n) is 9.48. The van der Waals surface area contributed by atoms with E-state index < -0.39 is 17.1 Å². The van der Waals surface area contributed by atoms with Crippen LogP contribution < -0.4 is 11.2 Å². The molecule has 0 saturated heterocycles. The van der Waals surface area contributed by atoms with Crippen molar-refractivity contribution in [2.45, 2.75) is 6.54 Å². The molecule has 1 N–H and O–H groups in total. The average Bonchev–Trinajstić information content (AvgIpc) is 2.41.